The van der Waals surface area contributed by atoms with E-state index in [-0.39, 0.29) is 23.9 Å². The van der Waals surface area contributed by atoms with Crippen LogP contribution in [0.4, 0.5) is 0 Å². The monoisotopic (exact) mass is 372 g/mol. The molecular weight excluding hydrogens is 348 g/mol. The molecule has 1 amide bonds. The molecule has 2 rings (SSSR count). The summed E-state index contributed by atoms with van der Waals surface area (Å²) >= 11 is 0. The maximum absolute atomic E-state index is 12.5. The van der Waals surface area contributed by atoms with Crippen molar-refractivity contribution >= 4 is 22.0 Å². The van der Waals surface area contributed by atoms with Gasteiger partial charge in [0.05, 0.1) is 4.90 Å². The average Bonchev–Trinajstić information content (AvgIpc) is 2.62. The smallest absolute Gasteiger partial charge is 0.246 e. The molecule has 1 N–H and O–H groups in total. The molecule has 2 aromatic rings. The zero-order valence-electron chi connectivity index (χ0n) is 15.3. The van der Waals surface area contributed by atoms with Crippen LogP contribution in [0.3, 0.4) is 0 Å². The van der Waals surface area contributed by atoms with Crippen LogP contribution in [0.1, 0.15) is 18.1 Å². The zero-order valence-corrected chi connectivity index (χ0v) is 16.1. The van der Waals surface area contributed by atoms with Gasteiger partial charge in [0.1, 0.15) is 0 Å². The number of sulfonamides is 1. The van der Waals surface area contributed by atoms with Crippen LogP contribution in [0.15, 0.2) is 65.1 Å². The van der Waals surface area contributed by atoms with E-state index >= 15 is 0 Å². The highest BCUT2D eigenvalue weighted by atomic mass is 32.2. The summed E-state index contributed by atoms with van der Waals surface area (Å²) < 4.78 is 26.2. The molecule has 2 aromatic carbocycles. The number of carbonyl (C=O) groups excluding carboxylic acids is 1. The van der Waals surface area contributed by atoms with E-state index in [9.17, 15) is 13.2 Å². The molecule has 0 fully saturated rings. The average molecular weight is 372 g/mol. The summed E-state index contributed by atoms with van der Waals surface area (Å²) in [5.41, 5.74) is 2.51. The highest BCUT2D eigenvalue weighted by Crippen LogP contribution is 2.14. The minimum atomic E-state index is -3.56. The molecule has 0 saturated carbocycles. The Kier molecular flexibility index (Phi) is 6.71. The Labute approximate surface area is 155 Å². The van der Waals surface area contributed by atoms with Gasteiger partial charge in [0, 0.05) is 25.7 Å². The molecule has 0 bridgehead atoms. The lowest BCUT2D eigenvalue weighted by Crippen LogP contribution is -2.36. The van der Waals surface area contributed by atoms with Gasteiger partial charge in [-0.2, -0.15) is 4.31 Å². The molecule has 5 nitrogen and oxygen atoms in total. The fourth-order valence-corrected chi connectivity index (χ4v) is 3.51. The lowest BCUT2D eigenvalue weighted by atomic mass is 10.1. The normalized spacial score (nSPS) is 12.2. The Morgan fingerprint density at radius 1 is 1.08 bits per heavy atom. The van der Waals surface area contributed by atoms with Gasteiger partial charge in [0.15, 0.2) is 0 Å². The van der Waals surface area contributed by atoms with Crippen molar-refractivity contribution in [1.29, 1.82) is 0 Å². The van der Waals surface area contributed by atoms with Crippen molar-refractivity contribution in [1.82, 2.24) is 9.62 Å². The van der Waals surface area contributed by atoms with Gasteiger partial charge in [0.2, 0.25) is 15.9 Å². The van der Waals surface area contributed by atoms with Crippen LogP contribution in [-0.2, 0) is 14.8 Å². The molecule has 0 heterocycles. The van der Waals surface area contributed by atoms with Gasteiger partial charge >= 0.3 is 0 Å². The third kappa shape index (κ3) is 5.28. The number of likely N-dealkylation sites (N-methyl/N-ethyl adjacent to an activating group) is 1. The third-order valence-electron chi connectivity index (χ3n) is 3.98. The van der Waals surface area contributed by atoms with Crippen LogP contribution in [0.2, 0.25) is 0 Å². The van der Waals surface area contributed by atoms with E-state index in [4.69, 9.17) is 0 Å². The fraction of sp³-hybridized carbons (Fsp3) is 0.250. The van der Waals surface area contributed by atoms with Crippen LogP contribution >= 0.6 is 0 Å². The number of nitrogens with one attached hydrogen (secondary N) is 1. The van der Waals surface area contributed by atoms with Gasteiger partial charge in [-0.05, 0) is 37.6 Å². The summed E-state index contributed by atoms with van der Waals surface area (Å²) in [5.74, 6) is -0.213. The summed E-state index contributed by atoms with van der Waals surface area (Å²) in [6.45, 7) is 4.07. The van der Waals surface area contributed by atoms with E-state index < -0.39 is 10.0 Å². The van der Waals surface area contributed by atoms with Gasteiger partial charge in [-0.15, -0.1) is 0 Å². The lowest BCUT2D eigenvalue weighted by molar-refractivity contribution is -0.117. The van der Waals surface area contributed by atoms with Crippen LogP contribution in [0, 0.1) is 6.92 Å². The number of hydrogen-bond donors (Lipinski definition) is 1. The van der Waals surface area contributed by atoms with Crippen molar-refractivity contribution in [2.75, 3.05) is 20.1 Å². The van der Waals surface area contributed by atoms with Crippen molar-refractivity contribution in [3.63, 3.8) is 0 Å². The summed E-state index contributed by atoms with van der Waals surface area (Å²) in [7, 11) is -2.05. The number of aryl methyl sites for hydroxylation is 1. The Hall–Kier alpha value is -2.44. The number of hydrogen-bond acceptors (Lipinski definition) is 3. The second-order valence-corrected chi connectivity index (χ2v) is 8.18. The fourth-order valence-electron chi connectivity index (χ4n) is 2.34. The Bertz CT molecular complexity index is 873. The molecule has 138 valence electrons. The molecular formula is C20H24N2O3S. The van der Waals surface area contributed by atoms with Gasteiger partial charge in [0.25, 0.3) is 0 Å². The van der Waals surface area contributed by atoms with E-state index in [0.29, 0.717) is 5.57 Å². The predicted octanol–water partition coefficient (Wildman–Crippen LogP) is 2.84. The van der Waals surface area contributed by atoms with E-state index in [1.54, 1.807) is 37.3 Å². The molecule has 0 unspecified atom stereocenters. The molecule has 6 heteroatoms. The maximum Gasteiger partial charge on any atom is 0.246 e. The third-order valence-corrected chi connectivity index (χ3v) is 5.85. The number of carbonyl (C=O) groups is 1. The van der Waals surface area contributed by atoms with Gasteiger partial charge in [-0.25, -0.2) is 8.42 Å². The summed E-state index contributed by atoms with van der Waals surface area (Å²) in [4.78, 5) is 12.4. The Balaban J connectivity index is 1.91. The first kappa shape index (κ1) is 19.9. The van der Waals surface area contributed by atoms with E-state index in [2.05, 4.69) is 5.32 Å². The second kappa shape index (κ2) is 8.78. The minimum Gasteiger partial charge on any atom is -0.351 e. The quantitative estimate of drug-likeness (QED) is 0.760. The first-order chi connectivity index (χ1) is 12.3. The van der Waals surface area contributed by atoms with Crippen molar-refractivity contribution in [2.45, 2.75) is 18.7 Å². The van der Waals surface area contributed by atoms with Crippen molar-refractivity contribution < 1.29 is 13.2 Å². The molecule has 0 atom stereocenters. The molecule has 0 aromatic heterocycles. The van der Waals surface area contributed by atoms with E-state index in [0.717, 1.165) is 11.1 Å². The van der Waals surface area contributed by atoms with Crippen LogP contribution < -0.4 is 5.32 Å². The lowest BCUT2D eigenvalue weighted by Gasteiger charge is -2.17. The second-order valence-electron chi connectivity index (χ2n) is 6.13. The van der Waals surface area contributed by atoms with Crippen LogP contribution in [0.25, 0.3) is 6.08 Å². The van der Waals surface area contributed by atoms with Crippen LogP contribution in [0.5, 0.6) is 0 Å². The Morgan fingerprint density at radius 2 is 1.69 bits per heavy atom. The molecule has 0 radical (unpaired) electrons. The first-order valence-corrected chi connectivity index (χ1v) is 9.79. The summed E-state index contributed by atoms with van der Waals surface area (Å²) in [5, 5.41) is 2.75. The topological polar surface area (TPSA) is 66.5 Å². The molecule has 0 aliphatic carbocycles. The first-order valence-electron chi connectivity index (χ1n) is 8.35. The highest BCUT2D eigenvalue weighted by Gasteiger charge is 2.20. The predicted molar refractivity (Wildman–Crippen MR) is 104 cm³/mol. The van der Waals surface area contributed by atoms with Crippen molar-refractivity contribution in [2.24, 2.45) is 0 Å². The van der Waals surface area contributed by atoms with E-state index in [1.807, 2.05) is 37.3 Å². The number of amides is 1. The molecule has 0 saturated heterocycles. The zero-order chi connectivity index (χ0) is 19.2. The maximum atomic E-state index is 12.5. The molecule has 0 spiro atoms. The highest BCUT2D eigenvalue weighted by molar-refractivity contribution is 7.89. The largest absolute Gasteiger partial charge is 0.351 e. The SMILES string of the molecule is C/C(=C\c1ccccc1)C(=O)NCCN(C)S(=O)(=O)c1ccc(C)cc1. The number of nitrogens with zero attached hydrogens (tertiary/aromatic N) is 1. The van der Waals surface area contributed by atoms with E-state index in [1.165, 1.54) is 11.4 Å². The molecule has 26 heavy (non-hydrogen) atoms. The van der Waals surface area contributed by atoms with Crippen molar-refractivity contribution in [3.8, 4) is 0 Å². The standard InChI is InChI=1S/C20H24N2O3S/c1-16-9-11-19(12-10-16)26(24,25)22(3)14-13-21-20(23)17(2)15-18-7-5-4-6-8-18/h4-12,15H,13-14H2,1-3H3,(H,21,23)/b17-15+. The number of rotatable bonds is 7. The van der Waals surface area contributed by atoms with Gasteiger partial charge in [-0.3, -0.25) is 4.79 Å². The number of benzene rings is 2. The van der Waals surface area contributed by atoms with Crippen LogP contribution in [-0.4, -0.2) is 38.8 Å². The molecule has 0 aliphatic rings. The van der Waals surface area contributed by atoms with Crippen molar-refractivity contribution in [3.05, 3.63) is 71.3 Å². The summed E-state index contributed by atoms with van der Waals surface area (Å²) in [6, 6.07) is 16.3. The van der Waals surface area contributed by atoms with Gasteiger partial charge < -0.3 is 5.32 Å². The summed E-state index contributed by atoms with van der Waals surface area (Å²) in [6.07, 6.45) is 1.79. The molecule has 0 aliphatic heterocycles. The minimum absolute atomic E-state index is 0.195. The Morgan fingerprint density at radius 3 is 2.31 bits per heavy atom. The van der Waals surface area contributed by atoms with Gasteiger partial charge in [-0.1, -0.05) is 48.0 Å².